The van der Waals surface area contributed by atoms with Crippen molar-refractivity contribution < 1.29 is 27.5 Å². The van der Waals surface area contributed by atoms with E-state index in [9.17, 15) is 22.8 Å². The molecule has 11 heteroatoms. The van der Waals surface area contributed by atoms with Crippen molar-refractivity contribution in [2.24, 2.45) is 5.92 Å². The predicted octanol–water partition coefficient (Wildman–Crippen LogP) is 5.42. The molecule has 2 amide bonds. The lowest BCUT2D eigenvalue weighted by molar-refractivity contribution is -0.137. The first-order valence-electron chi connectivity index (χ1n) is 12.6. The minimum Gasteiger partial charge on any atom is -0.381 e. The first-order valence-corrected chi connectivity index (χ1v) is 12.6. The van der Waals surface area contributed by atoms with Gasteiger partial charge in [-0.3, -0.25) is 14.6 Å². The van der Waals surface area contributed by atoms with Crippen molar-refractivity contribution in [1.82, 2.24) is 14.8 Å². The molecule has 1 unspecified atom stereocenters. The minimum absolute atomic E-state index is 0.109. The maximum Gasteiger partial charge on any atom is 0.416 e. The maximum absolute atomic E-state index is 13.0. The molecule has 40 heavy (non-hydrogen) atoms. The van der Waals surface area contributed by atoms with Crippen molar-refractivity contribution in [2.75, 3.05) is 23.8 Å². The Morgan fingerprint density at radius 2 is 1.95 bits per heavy atom. The maximum atomic E-state index is 13.0. The molecule has 0 aliphatic carbocycles. The number of aromatic nitrogens is 3. The lowest BCUT2D eigenvalue weighted by atomic mass is 10.1. The molecule has 1 atom stereocenters. The smallest absolute Gasteiger partial charge is 0.381 e. The minimum atomic E-state index is -4.48. The van der Waals surface area contributed by atoms with E-state index in [1.54, 1.807) is 47.7 Å². The van der Waals surface area contributed by atoms with Gasteiger partial charge in [0.05, 0.1) is 42.1 Å². The topological polar surface area (TPSA) is 98.1 Å². The van der Waals surface area contributed by atoms with Crippen LogP contribution < -0.4 is 10.6 Å². The fourth-order valence-corrected chi connectivity index (χ4v) is 4.49. The number of nitrogens with zero attached hydrogens (tertiary/aromatic N) is 3. The number of carbonyl (C=O) groups excluding carboxylic acids is 2. The summed E-state index contributed by atoms with van der Waals surface area (Å²) < 4.78 is 46.0. The molecule has 1 aliphatic heterocycles. The van der Waals surface area contributed by atoms with Crippen LogP contribution in [0.2, 0.25) is 0 Å². The highest BCUT2D eigenvalue weighted by Crippen LogP contribution is 2.31. The van der Waals surface area contributed by atoms with Crippen LogP contribution in [0.25, 0.3) is 16.8 Å². The molecule has 1 fully saturated rings. The Balaban J connectivity index is 1.32. The number of rotatable bonds is 7. The number of anilines is 2. The van der Waals surface area contributed by atoms with Crippen LogP contribution >= 0.6 is 0 Å². The van der Waals surface area contributed by atoms with Crippen LogP contribution in [0, 0.1) is 12.8 Å². The van der Waals surface area contributed by atoms with Crippen LogP contribution in [0.3, 0.4) is 0 Å². The van der Waals surface area contributed by atoms with Gasteiger partial charge in [0.15, 0.2) is 0 Å². The molecule has 3 heterocycles. The Bertz CT molecular complexity index is 1540. The number of ether oxygens (including phenoxy) is 1. The predicted molar refractivity (Wildman–Crippen MR) is 143 cm³/mol. The number of nitrogens with one attached hydrogen (secondary N) is 2. The molecule has 5 rings (SSSR count). The second kappa shape index (κ2) is 11.3. The molecule has 206 valence electrons. The highest BCUT2D eigenvalue weighted by molar-refractivity contribution is 5.96. The number of benzene rings is 2. The monoisotopic (exact) mass is 549 g/mol. The molecule has 2 aromatic carbocycles. The van der Waals surface area contributed by atoms with Gasteiger partial charge in [-0.05, 0) is 48.7 Å². The Morgan fingerprint density at radius 3 is 2.73 bits per heavy atom. The summed E-state index contributed by atoms with van der Waals surface area (Å²) in [5.74, 6) is -0.752. The summed E-state index contributed by atoms with van der Waals surface area (Å²) >= 11 is 0. The molecule has 4 aromatic rings. The van der Waals surface area contributed by atoms with Gasteiger partial charge in [-0.25, -0.2) is 4.68 Å². The number of pyridine rings is 1. The van der Waals surface area contributed by atoms with Gasteiger partial charge in [-0.2, -0.15) is 18.3 Å². The molecule has 8 nitrogen and oxygen atoms in total. The zero-order valence-corrected chi connectivity index (χ0v) is 21.5. The average molecular weight is 550 g/mol. The number of alkyl halides is 3. The van der Waals surface area contributed by atoms with Crippen molar-refractivity contribution in [3.63, 3.8) is 0 Å². The standard InChI is InChI=1S/C29H26F3N5O3/c1-18-5-6-23(35-27(38)12-19-3-2-4-22(11-19)29(30,31)32)13-26(18)37-16-21(14-34-37)24-15-33-9-7-25(24)36-28(39)20-8-10-40-17-20/h2-7,9,11,13-16,20H,8,10,12,17H2,1H3,(H,35,38)(H,33,36,39). The average Bonchev–Trinajstić information content (AvgIpc) is 3.63. The van der Waals surface area contributed by atoms with Crippen LogP contribution in [0.4, 0.5) is 24.5 Å². The first-order chi connectivity index (χ1) is 19.2. The van der Waals surface area contributed by atoms with Crippen molar-refractivity contribution in [1.29, 1.82) is 0 Å². The van der Waals surface area contributed by atoms with E-state index < -0.39 is 17.6 Å². The first kappa shape index (κ1) is 27.1. The fourth-order valence-electron chi connectivity index (χ4n) is 4.49. The normalized spacial score (nSPS) is 15.2. The Morgan fingerprint density at radius 1 is 1.10 bits per heavy atom. The van der Waals surface area contributed by atoms with E-state index in [2.05, 4.69) is 20.7 Å². The van der Waals surface area contributed by atoms with Gasteiger partial charge < -0.3 is 15.4 Å². The third-order valence-corrected chi connectivity index (χ3v) is 6.63. The van der Waals surface area contributed by atoms with Crippen LogP contribution in [-0.4, -0.2) is 39.8 Å². The van der Waals surface area contributed by atoms with Gasteiger partial charge in [-0.1, -0.05) is 24.3 Å². The third-order valence-electron chi connectivity index (χ3n) is 6.63. The van der Waals surface area contributed by atoms with Gasteiger partial charge in [-0.15, -0.1) is 0 Å². The lowest BCUT2D eigenvalue weighted by Gasteiger charge is -2.12. The van der Waals surface area contributed by atoms with E-state index >= 15 is 0 Å². The highest BCUT2D eigenvalue weighted by atomic mass is 19.4. The second-order valence-electron chi connectivity index (χ2n) is 9.57. The molecule has 0 radical (unpaired) electrons. The zero-order valence-electron chi connectivity index (χ0n) is 21.5. The number of amides is 2. The van der Waals surface area contributed by atoms with E-state index in [4.69, 9.17) is 4.74 Å². The molecule has 0 saturated carbocycles. The molecule has 0 bridgehead atoms. The van der Waals surface area contributed by atoms with E-state index in [1.165, 1.54) is 12.1 Å². The van der Waals surface area contributed by atoms with Crippen LogP contribution in [0.15, 0.2) is 73.3 Å². The zero-order chi connectivity index (χ0) is 28.3. The number of hydrogen-bond donors (Lipinski definition) is 2. The summed E-state index contributed by atoms with van der Waals surface area (Å²) in [4.78, 5) is 29.5. The van der Waals surface area contributed by atoms with Crippen molar-refractivity contribution >= 4 is 23.2 Å². The van der Waals surface area contributed by atoms with Crippen molar-refractivity contribution in [2.45, 2.75) is 25.9 Å². The van der Waals surface area contributed by atoms with Gasteiger partial charge in [0, 0.05) is 42.0 Å². The Labute approximate surface area is 228 Å². The molecular weight excluding hydrogens is 523 g/mol. The van der Waals surface area contributed by atoms with Gasteiger partial charge >= 0.3 is 6.18 Å². The summed E-state index contributed by atoms with van der Waals surface area (Å²) in [6.07, 6.45) is 2.70. The summed E-state index contributed by atoms with van der Waals surface area (Å²) in [6.45, 7) is 2.86. The number of hydrogen-bond acceptors (Lipinski definition) is 5. The van der Waals surface area contributed by atoms with E-state index in [1.807, 2.05) is 13.0 Å². The van der Waals surface area contributed by atoms with Crippen LogP contribution in [0.1, 0.15) is 23.1 Å². The van der Waals surface area contributed by atoms with Gasteiger partial charge in [0.25, 0.3) is 0 Å². The van der Waals surface area contributed by atoms with Crippen molar-refractivity contribution in [3.05, 3.63) is 90.0 Å². The van der Waals surface area contributed by atoms with Crippen LogP contribution in [0.5, 0.6) is 0 Å². The largest absolute Gasteiger partial charge is 0.416 e. The number of carbonyl (C=O) groups is 2. The molecule has 0 spiro atoms. The van der Waals surface area contributed by atoms with E-state index in [0.717, 1.165) is 23.3 Å². The second-order valence-corrected chi connectivity index (χ2v) is 9.57. The highest BCUT2D eigenvalue weighted by Gasteiger charge is 2.30. The number of halogens is 3. The summed E-state index contributed by atoms with van der Waals surface area (Å²) in [7, 11) is 0. The van der Waals surface area contributed by atoms with E-state index in [-0.39, 0.29) is 23.8 Å². The van der Waals surface area contributed by atoms with Crippen LogP contribution in [-0.2, 0) is 26.9 Å². The lowest BCUT2D eigenvalue weighted by Crippen LogP contribution is -2.23. The molecular formula is C29H26F3N5O3. The quantitative estimate of drug-likeness (QED) is 0.321. The molecule has 1 saturated heterocycles. The molecule has 2 N–H and O–H groups in total. The molecule has 2 aromatic heterocycles. The fraction of sp³-hybridized carbons (Fsp3) is 0.241. The van der Waals surface area contributed by atoms with Gasteiger partial charge in [0.1, 0.15) is 0 Å². The third kappa shape index (κ3) is 6.20. The van der Waals surface area contributed by atoms with Gasteiger partial charge in [0.2, 0.25) is 11.8 Å². The van der Waals surface area contributed by atoms with Crippen molar-refractivity contribution in [3.8, 4) is 16.8 Å². The Kier molecular flexibility index (Phi) is 7.65. The molecule has 1 aliphatic rings. The summed E-state index contributed by atoms with van der Waals surface area (Å²) in [5, 5.41) is 10.2. The number of aryl methyl sites for hydroxylation is 1. The summed E-state index contributed by atoms with van der Waals surface area (Å²) in [6, 6.07) is 11.7. The Hall–Kier alpha value is -4.51. The SMILES string of the molecule is Cc1ccc(NC(=O)Cc2cccc(C(F)(F)F)c2)cc1-n1cc(-c2cnccc2NC(=O)C2CCOC2)cn1. The van der Waals surface area contributed by atoms with E-state index in [0.29, 0.717) is 42.3 Å². The summed E-state index contributed by atoms with van der Waals surface area (Å²) in [5.41, 5.74) is 3.55.